The Morgan fingerprint density at radius 2 is 1.78 bits per heavy atom. The average molecular weight is 338 g/mol. The summed E-state index contributed by atoms with van der Waals surface area (Å²) in [6.07, 6.45) is -11.2. The molecule has 11 nitrogen and oxygen atoms in total. The van der Waals surface area contributed by atoms with Gasteiger partial charge >= 0.3 is 5.97 Å². The molecule has 0 aliphatic carbocycles. The second kappa shape index (κ2) is 6.97. The maximum atomic E-state index is 11.6. The van der Waals surface area contributed by atoms with Crippen molar-refractivity contribution in [1.82, 2.24) is 0 Å². The fraction of sp³-hybridized carbons (Fsp3) is 0.750. The Labute approximate surface area is 129 Å². The number of hydrogen-bond acceptors (Lipinski definition) is 11. The lowest BCUT2D eigenvalue weighted by Gasteiger charge is -2.39. The first-order valence-corrected chi connectivity index (χ1v) is 6.72. The predicted octanol–water partition coefficient (Wildman–Crippen LogP) is -4.15. The molecule has 2 heterocycles. The minimum absolute atomic E-state index is 0.702. The van der Waals surface area contributed by atoms with Crippen LogP contribution in [-0.4, -0.2) is 97.8 Å². The fourth-order valence-electron chi connectivity index (χ4n) is 2.20. The van der Waals surface area contributed by atoms with Crippen LogP contribution in [0.1, 0.15) is 0 Å². The maximum absolute atomic E-state index is 11.6. The van der Waals surface area contributed by atoms with E-state index in [0.717, 1.165) is 0 Å². The zero-order chi connectivity index (χ0) is 17.3. The molecular weight excluding hydrogens is 320 g/mol. The topological polar surface area (TPSA) is 186 Å². The second-order valence-electron chi connectivity index (χ2n) is 5.11. The van der Waals surface area contributed by atoms with Crippen LogP contribution in [0.2, 0.25) is 0 Å². The van der Waals surface area contributed by atoms with Crippen LogP contribution in [-0.2, 0) is 19.0 Å². The maximum Gasteiger partial charge on any atom is 0.378 e. The lowest BCUT2D eigenvalue weighted by molar-refractivity contribution is -0.291. The van der Waals surface area contributed by atoms with Gasteiger partial charge in [0.2, 0.25) is 12.0 Å². The van der Waals surface area contributed by atoms with Crippen LogP contribution < -0.4 is 0 Å². The summed E-state index contributed by atoms with van der Waals surface area (Å²) in [4.78, 5) is 11.6. The summed E-state index contributed by atoms with van der Waals surface area (Å²) in [5.41, 5.74) is 0. The van der Waals surface area contributed by atoms with Gasteiger partial charge in [-0.3, -0.25) is 0 Å². The van der Waals surface area contributed by atoms with E-state index in [1.165, 1.54) is 0 Å². The van der Waals surface area contributed by atoms with Crippen molar-refractivity contribution in [3.8, 4) is 0 Å². The number of rotatable bonds is 5. The molecule has 1 fully saturated rings. The summed E-state index contributed by atoms with van der Waals surface area (Å²) >= 11 is 0. The highest BCUT2D eigenvalue weighted by Crippen LogP contribution is 2.29. The van der Waals surface area contributed by atoms with E-state index in [0.29, 0.717) is 0 Å². The first-order chi connectivity index (χ1) is 10.8. The standard InChI is InChI=1S/C12H18O11/c13-1-3(15)9-8(19)10(11(20)22-9)23-12-7(18)6(17)5(16)4(2-14)21-12/h3-7,9,12-19H,1-2H2/t3-,4+,5+,6-,7+,9+,12+/m1/s1. The normalized spacial score (nSPS) is 39.3. The molecule has 0 spiro atoms. The predicted molar refractivity (Wildman–Crippen MR) is 67.5 cm³/mol. The Hall–Kier alpha value is -1.47. The van der Waals surface area contributed by atoms with E-state index < -0.39 is 73.6 Å². The number of carbonyl (C=O) groups is 1. The van der Waals surface area contributed by atoms with E-state index >= 15 is 0 Å². The van der Waals surface area contributed by atoms with Gasteiger partial charge in [-0.05, 0) is 0 Å². The highest BCUT2D eigenvalue weighted by molar-refractivity contribution is 5.89. The molecule has 0 amide bonds. The zero-order valence-electron chi connectivity index (χ0n) is 11.7. The number of esters is 1. The van der Waals surface area contributed by atoms with E-state index in [4.69, 9.17) is 19.7 Å². The van der Waals surface area contributed by atoms with Crippen molar-refractivity contribution in [1.29, 1.82) is 0 Å². The summed E-state index contributed by atoms with van der Waals surface area (Å²) in [5.74, 6) is -2.79. The van der Waals surface area contributed by atoms with Crippen molar-refractivity contribution in [2.45, 2.75) is 42.9 Å². The third-order valence-electron chi connectivity index (χ3n) is 3.54. The lowest BCUT2D eigenvalue weighted by atomic mass is 9.99. The van der Waals surface area contributed by atoms with Crippen molar-refractivity contribution in [2.75, 3.05) is 13.2 Å². The Kier molecular flexibility index (Phi) is 5.41. The summed E-state index contributed by atoms with van der Waals surface area (Å²) in [6.45, 7) is -1.50. The Balaban J connectivity index is 2.16. The van der Waals surface area contributed by atoms with Crippen LogP contribution in [0.3, 0.4) is 0 Å². The molecule has 11 heteroatoms. The van der Waals surface area contributed by atoms with E-state index in [2.05, 4.69) is 4.74 Å². The molecule has 132 valence electrons. The van der Waals surface area contributed by atoms with Crippen molar-refractivity contribution >= 4 is 5.97 Å². The van der Waals surface area contributed by atoms with Crippen LogP contribution in [0.4, 0.5) is 0 Å². The summed E-state index contributed by atoms with van der Waals surface area (Å²) < 4.78 is 14.6. The van der Waals surface area contributed by atoms with Gasteiger partial charge in [0.25, 0.3) is 0 Å². The smallest absolute Gasteiger partial charge is 0.378 e. The summed E-state index contributed by atoms with van der Waals surface area (Å²) in [6, 6.07) is 0. The zero-order valence-corrected chi connectivity index (χ0v) is 11.7. The molecule has 1 saturated heterocycles. The highest BCUT2D eigenvalue weighted by Gasteiger charge is 2.48. The number of aliphatic hydroxyl groups is 7. The third-order valence-corrected chi connectivity index (χ3v) is 3.54. The van der Waals surface area contributed by atoms with Crippen LogP contribution >= 0.6 is 0 Å². The quantitative estimate of drug-likeness (QED) is 0.241. The van der Waals surface area contributed by atoms with E-state index in [-0.39, 0.29) is 0 Å². The molecular formula is C12H18O11. The molecule has 0 unspecified atom stereocenters. The van der Waals surface area contributed by atoms with Gasteiger partial charge in [-0.1, -0.05) is 0 Å². The van der Waals surface area contributed by atoms with Crippen molar-refractivity contribution in [3.05, 3.63) is 11.5 Å². The minimum atomic E-state index is -1.79. The number of aliphatic hydroxyl groups excluding tert-OH is 7. The number of carbonyl (C=O) groups excluding carboxylic acids is 1. The van der Waals surface area contributed by atoms with Gasteiger partial charge in [-0.15, -0.1) is 0 Å². The van der Waals surface area contributed by atoms with Crippen LogP contribution in [0.5, 0.6) is 0 Å². The van der Waals surface area contributed by atoms with E-state index in [1.54, 1.807) is 0 Å². The Bertz CT molecular complexity index is 476. The molecule has 0 aromatic heterocycles. The second-order valence-corrected chi connectivity index (χ2v) is 5.11. The summed E-state index contributed by atoms with van der Waals surface area (Å²) in [5, 5.41) is 66.1. The molecule has 23 heavy (non-hydrogen) atoms. The van der Waals surface area contributed by atoms with E-state index in [1.807, 2.05) is 0 Å². The highest BCUT2D eigenvalue weighted by atomic mass is 16.7. The number of cyclic esters (lactones) is 1. The van der Waals surface area contributed by atoms with Crippen molar-refractivity contribution in [2.24, 2.45) is 0 Å². The molecule has 0 radical (unpaired) electrons. The Morgan fingerprint density at radius 1 is 1.13 bits per heavy atom. The first-order valence-electron chi connectivity index (χ1n) is 6.72. The monoisotopic (exact) mass is 338 g/mol. The number of ether oxygens (including phenoxy) is 3. The lowest BCUT2D eigenvalue weighted by Crippen LogP contribution is -2.59. The minimum Gasteiger partial charge on any atom is -0.505 e. The largest absolute Gasteiger partial charge is 0.505 e. The molecule has 2 aliphatic heterocycles. The van der Waals surface area contributed by atoms with Crippen molar-refractivity contribution in [3.63, 3.8) is 0 Å². The average Bonchev–Trinajstić information content (AvgIpc) is 2.82. The summed E-state index contributed by atoms with van der Waals surface area (Å²) in [7, 11) is 0. The molecule has 7 atom stereocenters. The Morgan fingerprint density at radius 3 is 2.35 bits per heavy atom. The van der Waals surface area contributed by atoms with Crippen molar-refractivity contribution < 1.29 is 54.8 Å². The van der Waals surface area contributed by atoms with Crippen LogP contribution in [0.25, 0.3) is 0 Å². The SMILES string of the molecule is O=C1O[C@@H]([C@H](O)CO)C(O)=C1O[C@@H]1O[C@@H](CO)[C@H](O)[C@@H](O)[C@@H]1O. The molecule has 2 rings (SSSR count). The molecule has 0 aromatic carbocycles. The van der Waals surface area contributed by atoms with E-state index in [9.17, 15) is 30.3 Å². The fourth-order valence-corrected chi connectivity index (χ4v) is 2.20. The molecule has 2 aliphatic rings. The third kappa shape index (κ3) is 3.26. The first kappa shape index (κ1) is 17.9. The van der Waals surface area contributed by atoms with Crippen LogP contribution in [0, 0.1) is 0 Å². The van der Waals surface area contributed by atoms with Gasteiger partial charge in [0.05, 0.1) is 13.2 Å². The number of hydrogen-bond donors (Lipinski definition) is 7. The van der Waals surface area contributed by atoms with Gasteiger partial charge in [0, 0.05) is 0 Å². The molecule has 0 bridgehead atoms. The van der Waals surface area contributed by atoms with Gasteiger partial charge in [0.1, 0.15) is 30.5 Å². The molecule has 0 saturated carbocycles. The van der Waals surface area contributed by atoms with Crippen LogP contribution in [0.15, 0.2) is 11.5 Å². The molecule has 0 aromatic rings. The van der Waals surface area contributed by atoms with Gasteiger partial charge in [-0.2, -0.15) is 0 Å². The molecule has 7 N–H and O–H groups in total. The van der Waals surface area contributed by atoms with Gasteiger partial charge < -0.3 is 50.0 Å². The van der Waals surface area contributed by atoms with Gasteiger partial charge in [-0.25, -0.2) is 4.79 Å². The van der Waals surface area contributed by atoms with Gasteiger partial charge in [0.15, 0.2) is 11.9 Å².